The van der Waals surface area contributed by atoms with Gasteiger partial charge in [-0.2, -0.15) is 17.0 Å². The molecule has 7 nitrogen and oxygen atoms in total. The lowest BCUT2D eigenvalue weighted by Gasteiger charge is -2.37. The molecule has 0 amide bonds. The molecule has 0 aromatic carbocycles. The van der Waals surface area contributed by atoms with Gasteiger partial charge in [0.15, 0.2) is 0 Å². The van der Waals surface area contributed by atoms with Crippen LogP contribution < -0.4 is 0 Å². The van der Waals surface area contributed by atoms with E-state index in [1.54, 1.807) is 14.2 Å². The summed E-state index contributed by atoms with van der Waals surface area (Å²) in [5.74, 6) is 0. The Balaban J connectivity index is 2.83. The lowest BCUT2D eigenvalue weighted by atomic mass is 10.1. The highest BCUT2D eigenvalue weighted by atomic mass is 32.2. The smallest absolute Gasteiger partial charge is 0.282 e. The SMILES string of the molecule is COCCN(CCOC)S(=O)(=O)N1CCCCC1CO. The summed E-state index contributed by atoms with van der Waals surface area (Å²) in [7, 11) is -0.503. The van der Waals surface area contributed by atoms with E-state index in [1.807, 2.05) is 0 Å². The van der Waals surface area contributed by atoms with Gasteiger partial charge in [-0.3, -0.25) is 0 Å². The van der Waals surface area contributed by atoms with Crippen molar-refractivity contribution in [1.82, 2.24) is 8.61 Å². The van der Waals surface area contributed by atoms with Crippen LogP contribution in [-0.2, 0) is 19.7 Å². The van der Waals surface area contributed by atoms with E-state index < -0.39 is 10.2 Å². The lowest BCUT2D eigenvalue weighted by molar-refractivity contribution is 0.128. The number of piperidine rings is 1. The van der Waals surface area contributed by atoms with Crippen LogP contribution in [0.4, 0.5) is 0 Å². The van der Waals surface area contributed by atoms with E-state index in [2.05, 4.69) is 0 Å². The Morgan fingerprint density at radius 1 is 1.20 bits per heavy atom. The summed E-state index contributed by atoms with van der Waals surface area (Å²) in [6, 6.07) is -0.318. The van der Waals surface area contributed by atoms with Crippen LogP contribution in [0.3, 0.4) is 0 Å². The maximum atomic E-state index is 12.7. The molecule has 0 saturated carbocycles. The van der Waals surface area contributed by atoms with Crippen molar-refractivity contribution in [1.29, 1.82) is 0 Å². The van der Waals surface area contributed by atoms with Gasteiger partial charge in [-0.1, -0.05) is 6.42 Å². The molecule has 1 aliphatic rings. The number of hydrogen-bond acceptors (Lipinski definition) is 5. The maximum absolute atomic E-state index is 12.7. The molecular formula is C12H26N2O5S. The molecule has 0 radical (unpaired) electrons. The second-order valence-corrected chi connectivity index (χ2v) is 6.72. The average Bonchev–Trinajstić information content (AvgIpc) is 2.47. The van der Waals surface area contributed by atoms with Gasteiger partial charge in [-0.05, 0) is 12.8 Å². The molecule has 1 fully saturated rings. The average molecular weight is 310 g/mol. The van der Waals surface area contributed by atoms with Crippen LogP contribution in [0.15, 0.2) is 0 Å². The highest BCUT2D eigenvalue weighted by Crippen LogP contribution is 2.22. The van der Waals surface area contributed by atoms with Crippen molar-refractivity contribution in [3.05, 3.63) is 0 Å². The second-order valence-electron chi connectivity index (χ2n) is 4.84. The second kappa shape index (κ2) is 8.91. The third-order valence-electron chi connectivity index (χ3n) is 3.50. The predicted molar refractivity (Wildman–Crippen MR) is 75.7 cm³/mol. The Labute approximate surface area is 121 Å². The first-order valence-electron chi connectivity index (χ1n) is 6.93. The zero-order chi connectivity index (χ0) is 15.0. The minimum Gasteiger partial charge on any atom is -0.395 e. The third kappa shape index (κ3) is 4.64. The Kier molecular flexibility index (Phi) is 7.93. The number of methoxy groups -OCH3 is 2. The van der Waals surface area contributed by atoms with Gasteiger partial charge >= 0.3 is 0 Å². The molecule has 0 spiro atoms. The quantitative estimate of drug-likeness (QED) is 0.631. The number of aliphatic hydroxyl groups excluding tert-OH is 1. The molecule has 1 unspecified atom stereocenters. The van der Waals surface area contributed by atoms with Gasteiger partial charge in [0.1, 0.15) is 0 Å². The van der Waals surface area contributed by atoms with E-state index in [0.717, 1.165) is 12.8 Å². The molecule has 0 aliphatic carbocycles. The first-order valence-corrected chi connectivity index (χ1v) is 8.33. The summed E-state index contributed by atoms with van der Waals surface area (Å²) in [5.41, 5.74) is 0. The molecule has 1 N–H and O–H groups in total. The van der Waals surface area contributed by atoms with Crippen molar-refractivity contribution in [2.75, 3.05) is 53.7 Å². The van der Waals surface area contributed by atoms with E-state index in [4.69, 9.17) is 9.47 Å². The van der Waals surface area contributed by atoms with Crippen LogP contribution in [0.5, 0.6) is 0 Å². The molecule has 1 saturated heterocycles. The maximum Gasteiger partial charge on any atom is 0.282 e. The molecule has 20 heavy (non-hydrogen) atoms. The van der Waals surface area contributed by atoms with Crippen molar-refractivity contribution in [2.24, 2.45) is 0 Å². The fourth-order valence-corrected chi connectivity index (χ4v) is 4.15. The van der Waals surface area contributed by atoms with Gasteiger partial charge in [0, 0.05) is 39.9 Å². The molecule has 1 aliphatic heterocycles. The summed E-state index contributed by atoms with van der Waals surface area (Å²) in [5, 5.41) is 9.38. The lowest BCUT2D eigenvalue weighted by Crippen LogP contribution is -2.53. The largest absolute Gasteiger partial charge is 0.395 e. The molecule has 0 aromatic rings. The van der Waals surface area contributed by atoms with E-state index in [1.165, 1.54) is 8.61 Å². The molecule has 0 aromatic heterocycles. The topological polar surface area (TPSA) is 79.3 Å². The fourth-order valence-electron chi connectivity index (χ4n) is 2.34. The third-order valence-corrected chi connectivity index (χ3v) is 5.59. The first kappa shape index (κ1) is 17.8. The van der Waals surface area contributed by atoms with Crippen LogP contribution in [-0.4, -0.2) is 81.9 Å². The number of rotatable bonds is 9. The molecule has 1 rings (SSSR count). The zero-order valence-electron chi connectivity index (χ0n) is 12.3. The van der Waals surface area contributed by atoms with Crippen LogP contribution in [0, 0.1) is 0 Å². The van der Waals surface area contributed by atoms with Crippen molar-refractivity contribution in [3.8, 4) is 0 Å². The molecule has 8 heteroatoms. The van der Waals surface area contributed by atoms with Gasteiger partial charge in [0.2, 0.25) is 0 Å². The van der Waals surface area contributed by atoms with Gasteiger partial charge in [-0.25, -0.2) is 0 Å². The summed E-state index contributed by atoms with van der Waals surface area (Å²) >= 11 is 0. The standard InChI is InChI=1S/C12H26N2O5S/c1-18-9-7-13(8-10-19-2)20(16,17)14-6-4-3-5-12(14)11-15/h12,15H,3-11H2,1-2H3. The van der Waals surface area contributed by atoms with E-state index in [9.17, 15) is 13.5 Å². The van der Waals surface area contributed by atoms with E-state index in [-0.39, 0.29) is 25.7 Å². The molecule has 0 bridgehead atoms. The Bertz CT molecular complexity index is 355. The summed E-state index contributed by atoms with van der Waals surface area (Å²) in [6.07, 6.45) is 2.49. The normalized spacial score (nSPS) is 21.5. The minimum absolute atomic E-state index is 0.137. The molecule has 120 valence electrons. The number of ether oxygens (including phenoxy) is 2. The van der Waals surface area contributed by atoms with Gasteiger partial charge in [0.05, 0.1) is 19.8 Å². The highest BCUT2D eigenvalue weighted by Gasteiger charge is 2.35. The summed E-state index contributed by atoms with van der Waals surface area (Å²) in [4.78, 5) is 0. The van der Waals surface area contributed by atoms with E-state index in [0.29, 0.717) is 26.2 Å². The highest BCUT2D eigenvalue weighted by molar-refractivity contribution is 7.86. The number of aliphatic hydroxyl groups is 1. The van der Waals surface area contributed by atoms with E-state index >= 15 is 0 Å². The Hall–Kier alpha value is -0.250. The van der Waals surface area contributed by atoms with Crippen LogP contribution in [0.1, 0.15) is 19.3 Å². The molecule has 1 heterocycles. The number of nitrogens with zero attached hydrogens (tertiary/aromatic N) is 2. The summed E-state index contributed by atoms with van der Waals surface area (Å²) < 4.78 is 38.1. The van der Waals surface area contributed by atoms with Crippen molar-refractivity contribution in [2.45, 2.75) is 25.3 Å². The number of hydrogen-bond donors (Lipinski definition) is 1. The van der Waals surface area contributed by atoms with Crippen molar-refractivity contribution < 1.29 is 23.0 Å². The Morgan fingerprint density at radius 3 is 2.30 bits per heavy atom. The van der Waals surface area contributed by atoms with Crippen molar-refractivity contribution in [3.63, 3.8) is 0 Å². The van der Waals surface area contributed by atoms with Gasteiger partial charge < -0.3 is 14.6 Å². The fraction of sp³-hybridized carbons (Fsp3) is 1.00. The Morgan fingerprint density at radius 2 is 1.80 bits per heavy atom. The van der Waals surface area contributed by atoms with Crippen LogP contribution in [0.2, 0.25) is 0 Å². The van der Waals surface area contributed by atoms with Gasteiger partial charge in [0.25, 0.3) is 10.2 Å². The predicted octanol–water partition coefficient (Wildman–Crippen LogP) is -0.327. The molecule has 1 atom stereocenters. The first-order chi connectivity index (χ1) is 9.57. The summed E-state index contributed by atoms with van der Waals surface area (Å²) in [6.45, 7) is 1.57. The zero-order valence-corrected chi connectivity index (χ0v) is 13.1. The van der Waals surface area contributed by atoms with Gasteiger partial charge in [-0.15, -0.1) is 0 Å². The van der Waals surface area contributed by atoms with Crippen LogP contribution >= 0.6 is 0 Å². The minimum atomic E-state index is -3.58. The van der Waals surface area contributed by atoms with Crippen molar-refractivity contribution >= 4 is 10.2 Å². The molecular weight excluding hydrogens is 284 g/mol. The monoisotopic (exact) mass is 310 g/mol. The van der Waals surface area contributed by atoms with Crippen LogP contribution in [0.25, 0.3) is 0 Å².